The molecule has 6 heteroatoms. The van der Waals surface area contributed by atoms with Gasteiger partial charge in [-0.2, -0.15) is 11.8 Å². The fourth-order valence-corrected chi connectivity index (χ4v) is 5.77. The number of thioether (sulfide) groups is 1. The number of para-hydroxylation sites is 1. The molecule has 5 rings (SSSR count). The summed E-state index contributed by atoms with van der Waals surface area (Å²) in [6.07, 6.45) is 3.68. The molecular weight excluding hydrogens is 575 g/mol. The second-order valence-corrected chi connectivity index (χ2v) is 9.58. The molecule has 0 unspecified atom stereocenters. The van der Waals surface area contributed by atoms with Crippen LogP contribution in [-0.4, -0.2) is 26.4 Å². The van der Waals surface area contributed by atoms with E-state index in [-0.39, 0.29) is 26.8 Å². The smallest absolute Gasteiger partial charge is 0.217 e. The van der Waals surface area contributed by atoms with E-state index in [2.05, 4.69) is 24.9 Å². The van der Waals surface area contributed by atoms with E-state index in [1.807, 2.05) is 42.1 Å². The van der Waals surface area contributed by atoms with E-state index in [0.717, 1.165) is 16.0 Å². The van der Waals surface area contributed by atoms with E-state index in [0.29, 0.717) is 33.9 Å². The van der Waals surface area contributed by atoms with Gasteiger partial charge < -0.3 is 14.8 Å². The summed E-state index contributed by atoms with van der Waals surface area (Å²) in [5, 5.41) is 12.5. The molecule has 1 N–H and O–H groups in total. The Kier molecular flexibility index (Phi) is 5.96. The molecule has 1 aliphatic heterocycles. The minimum absolute atomic E-state index is 0. The average Bonchev–Trinajstić information content (AvgIpc) is 3.15. The minimum Gasteiger partial charge on any atom is -0.506 e. The number of rotatable bonds is 3. The third-order valence-corrected chi connectivity index (χ3v) is 7.60. The number of pyridine rings is 1. The number of benzene rings is 2. The average molecular weight is 599 g/mol. The van der Waals surface area contributed by atoms with E-state index < -0.39 is 0 Å². The van der Waals surface area contributed by atoms with Crippen molar-refractivity contribution >= 4 is 27.7 Å². The van der Waals surface area contributed by atoms with Crippen molar-refractivity contribution in [2.24, 2.45) is 10.4 Å². The summed E-state index contributed by atoms with van der Waals surface area (Å²) in [5.41, 5.74) is 1.81. The number of aromatic hydroxyl groups is 1. The van der Waals surface area contributed by atoms with E-state index in [4.69, 9.17) is 9.73 Å². The van der Waals surface area contributed by atoms with Crippen LogP contribution in [0.5, 0.6) is 17.4 Å². The number of phenolic OH excluding ortho intramolecular Hbond substituents is 1. The second-order valence-electron chi connectivity index (χ2n) is 8.45. The van der Waals surface area contributed by atoms with Gasteiger partial charge in [0.25, 0.3) is 0 Å². The zero-order valence-corrected chi connectivity index (χ0v) is 20.0. The largest absolute Gasteiger partial charge is 0.506 e. The van der Waals surface area contributed by atoms with Gasteiger partial charge in [0.1, 0.15) is 11.3 Å². The maximum absolute atomic E-state index is 10.0. The predicted octanol–water partition coefficient (Wildman–Crippen LogP) is 5.97. The first-order valence-corrected chi connectivity index (χ1v) is 10.9. The Balaban J connectivity index is 0.00000218. The van der Waals surface area contributed by atoms with Crippen LogP contribution in [-0.2, 0) is 21.1 Å². The van der Waals surface area contributed by atoms with Crippen LogP contribution in [0.4, 0.5) is 0 Å². The monoisotopic (exact) mass is 598 g/mol. The Morgan fingerprint density at radius 2 is 1.97 bits per heavy atom. The van der Waals surface area contributed by atoms with Crippen molar-refractivity contribution in [1.82, 2.24) is 4.98 Å². The van der Waals surface area contributed by atoms with Crippen molar-refractivity contribution in [2.75, 3.05) is 0 Å². The van der Waals surface area contributed by atoms with Gasteiger partial charge in [0.05, 0.1) is 6.04 Å². The first-order valence-electron chi connectivity index (χ1n) is 10.0. The van der Waals surface area contributed by atoms with Crippen LogP contribution < -0.4 is 4.74 Å². The molecule has 0 saturated heterocycles. The number of aliphatic imine (C=N–C) groups is 1. The summed E-state index contributed by atoms with van der Waals surface area (Å²) in [7, 11) is 0. The molecule has 3 aromatic rings. The molecule has 0 bridgehead atoms. The van der Waals surface area contributed by atoms with Crippen LogP contribution in [0.1, 0.15) is 38.7 Å². The van der Waals surface area contributed by atoms with Gasteiger partial charge in [0.2, 0.25) is 5.88 Å². The zero-order chi connectivity index (χ0) is 20.0. The number of hydrogen-bond acceptors (Lipinski definition) is 5. The molecule has 0 amide bonds. The van der Waals surface area contributed by atoms with E-state index >= 15 is 0 Å². The molecule has 1 fully saturated rings. The summed E-state index contributed by atoms with van der Waals surface area (Å²) in [4.78, 5) is 9.47. The molecule has 0 spiro atoms. The van der Waals surface area contributed by atoms with Crippen molar-refractivity contribution in [3.63, 3.8) is 0 Å². The van der Waals surface area contributed by atoms with Gasteiger partial charge in [-0.3, -0.25) is 0 Å². The molecule has 1 saturated carbocycles. The quantitative estimate of drug-likeness (QED) is 0.378. The van der Waals surface area contributed by atoms with Crippen molar-refractivity contribution < 1.29 is 30.9 Å². The number of fused-ring (bicyclic) bond motifs is 2. The second kappa shape index (κ2) is 8.36. The number of phenols is 1. The fraction of sp³-hybridized carbons (Fsp3) is 0.333. The van der Waals surface area contributed by atoms with Gasteiger partial charge in [-0.1, -0.05) is 38.5 Å². The summed E-state index contributed by atoms with van der Waals surface area (Å²) in [6.45, 7) is 4.72. The molecule has 1 aliphatic carbocycles. The first kappa shape index (κ1) is 21.4. The number of nitrogens with zero attached hydrogens (tertiary/aromatic N) is 2. The molecule has 4 nitrogen and oxygen atoms in total. The third-order valence-electron chi connectivity index (χ3n) is 5.85. The topological polar surface area (TPSA) is 54.7 Å². The maximum Gasteiger partial charge on any atom is 0.217 e. The van der Waals surface area contributed by atoms with E-state index in [1.165, 1.54) is 19.3 Å². The Bertz CT molecular complexity index is 1120. The van der Waals surface area contributed by atoms with Gasteiger partial charge in [0, 0.05) is 48.6 Å². The van der Waals surface area contributed by atoms with Crippen LogP contribution in [0.2, 0.25) is 0 Å². The van der Waals surface area contributed by atoms with Crippen LogP contribution in [0.3, 0.4) is 0 Å². The Labute approximate surface area is 195 Å². The summed E-state index contributed by atoms with van der Waals surface area (Å²) in [5.74, 6) is 1.18. The molecular formula is C24H23N2O2PtS-. The number of hydrogen-bond donors (Lipinski definition) is 1. The van der Waals surface area contributed by atoms with Gasteiger partial charge in [0.15, 0.2) is 0 Å². The van der Waals surface area contributed by atoms with Crippen LogP contribution in [0.15, 0.2) is 53.5 Å². The molecule has 158 valence electrons. The first-order chi connectivity index (χ1) is 14.0. The maximum atomic E-state index is 10.0. The Hall–Kier alpha value is -1.84. The Morgan fingerprint density at radius 1 is 1.13 bits per heavy atom. The molecule has 2 aromatic carbocycles. The fourth-order valence-electron chi connectivity index (χ4n) is 4.30. The molecule has 2 aliphatic rings. The van der Waals surface area contributed by atoms with E-state index in [9.17, 15) is 5.11 Å². The Morgan fingerprint density at radius 3 is 2.80 bits per heavy atom. The normalized spacial score (nSPS) is 22.1. The van der Waals surface area contributed by atoms with Crippen molar-refractivity contribution in [3.8, 4) is 17.4 Å². The molecule has 30 heavy (non-hydrogen) atoms. The van der Waals surface area contributed by atoms with Gasteiger partial charge in [-0.25, -0.2) is 4.98 Å². The van der Waals surface area contributed by atoms with Gasteiger partial charge in [-0.15, -0.1) is 23.8 Å². The van der Waals surface area contributed by atoms with Gasteiger partial charge >= 0.3 is 0 Å². The number of ether oxygens (including phenoxy) is 1. The molecule has 1 aromatic heterocycles. The van der Waals surface area contributed by atoms with Crippen LogP contribution in [0.25, 0.3) is 10.9 Å². The molecule has 0 radical (unpaired) electrons. The van der Waals surface area contributed by atoms with Crippen molar-refractivity contribution in [1.29, 1.82) is 0 Å². The van der Waals surface area contributed by atoms with E-state index in [1.54, 1.807) is 18.2 Å². The summed E-state index contributed by atoms with van der Waals surface area (Å²) in [6, 6.07) is 18.7. The molecule has 2 atom stereocenters. The summed E-state index contributed by atoms with van der Waals surface area (Å²) < 4.78 is 5.96. The van der Waals surface area contributed by atoms with Gasteiger partial charge in [-0.05, 0) is 30.4 Å². The predicted molar refractivity (Wildman–Crippen MR) is 118 cm³/mol. The van der Waals surface area contributed by atoms with Crippen molar-refractivity contribution in [3.05, 3.63) is 60.2 Å². The minimum atomic E-state index is 0. The van der Waals surface area contributed by atoms with Crippen LogP contribution in [0, 0.1) is 11.5 Å². The zero-order valence-electron chi connectivity index (χ0n) is 16.9. The third kappa shape index (κ3) is 4.02. The molecule has 2 heterocycles. The number of aromatic nitrogens is 1. The van der Waals surface area contributed by atoms with Crippen LogP contribution >= 0.6 is 11.8 Å². The SMILES string of the molecule is CC1(C)CCC[C@@H]2N=C(c3[c-]c(Oc4ccc5cccc(O)c5n4)ccc3)S[C@H]21.[Pt]. The standard InChI is InChI=1S/C24H23N2O2S.Pt/c1-24(2)13-5-9-18-22(24)29-23(25-18)16-7-3-8-17(14-16)28-20-12-11-15-6-4-10-19(27)21(15)26-20;/h3-4,6-8,10-12,18,22,27H,5,9,13H2,1-2H3;/q-1;/t18-,22+;/m0./s1. The summed E-state index contributed by atoms with van der Waals surface area (Å²) >= 11 is 1.89. The van der Waals surface area contributed by atoms with Crippen molar-refractivity contribution in [2.45, 2.75) is 44.4 Å².